The molecular formula is C7H13IN2O3. The molecule has 76 valence electrons. The smallest absolute Gasteiger partial charge is 0.229 e. The highest BCUT2D eigenvalue weighted by Crippen LogP contribution is 1.82. The van der Waals surface area contributed by atoms with E-state index in [1.165, 1.54) is 0 Å². The maximum Gasteiger partial charge on any atom is 0.229 e. The molecule has 0 aliphatic carbocycles. The summed E-state index contributed by atoms with van der Waals surface area (Å²) in [4.78, 5) is 21.0. The van der Waals surface area contributed by atoms with Crippen LogP contribution in [-0.4, -0.2) is 36.0 Å². The number of primary amides is 1. The summed E-state index contributed by atoms with van der Waals surface area (Å²) < 4.78 is 5.46. The summed E-state index contributed by atoms with van der Waals surface area (Å²) in [5, 5.41) is 2.63. The van der Waals surface area contributed by atoms with Gasteiger partial charge in [-0.25, -0.2) is 0 Å². The molecule has 0 aromatic rings. The van der Waals surface area contributed by atoms with E-state index in [1.54, 1.807) is 0 Å². The van der Waals surface area contributed by atoms with Crippen LogP contribution < -0.4 is 11.1 Å². The molecule has 0 heterocycles. The Kier molecular flexibility index (Phi) is 8.00. The van der Waals surface area contributed by atoms with Crippen molar-refractivity contribution in [2.24, 2.45) is 5.73 Å². The van der Waals surface area contributed by atoms with E-state index < -0.39 is 0 Å². The third-order valence-corrected chi connectivity index (χ3v) is 1.88. The van der Waals surface area contributed by atoms with Crippen molar-refractivity contribution in [1.29, 1.82) is 0 Å². The highest BCUT2D eigenvalue weighted by molar-refractivity contribution is 14.1. The van der Waals surface area contributed by atoms with Crippen molar-refractivity contribution in [3.63, 3.8) is 0 Å². The Morgan fingerprint density at radius 3 is 2.62 bits per heavy atom. The highest BCUT2D eigenvalue weighted by atomic mass is 127. The molecule has 0 aliphatic rings. The third kappa shape index (κ3) is 9.54. The molecule has 0 unspecified atom stereocenters. The van der Waals surface area contributed by atoms with Crippen molar-refractivity contribution in [2.75, 3.05) is 24.2 Å². The van der Waals surface area contributed by atoms with Crippen molar-refractivity contribution >= 4 is 34.4 Å². The van der Waals surface area contributed by atoms with Gasteiger partial charge in [-0.2, -0.15) is 0 Å². The van der Waals surface area contributed by atoms with E-state index in [0.29, 0.717) is 24.2 Å². The van der Waals surface area contributed by atoms with Crippen LogP contribution in [-0.2, 0) is 14.3 Å². The van der Waals surface area contributed by atoms with Gasteiger partial charge in [-0.15, -0.1) is 0 Å². The molecule has 0 aliphatic heterocycles. The van der Waals surface area contributed by atoms with E-state index in [0.717, 1.165) is 0 Å². The van der Waals surface area contributed by atoms with Crippen molar-refractivity contribution in [2.45, 2.75) is 6.42 Å². The number of ether oxygens (including phenoxy) is 1. The zero-order valence-electron chi connectivity index (χ0n) is 7.22. The summed E-state index contributed by atoms with van der Waals surface area (Å²) in [5.74, 6) is -0.393. The molecule has 0 atom stereocenters. The second-order valence-corrected chi connectivity index (χ2v) is 3.08. The highest BCUT2D eigenvalue weighted by Gasteiger charge is 1.96. The average Bonchev–Trinajstić information content (AvgIpc) is 2.10. The quantitative estimate of drug-likeness (QED) is 0.375. The topological polar surface area (TPSA) is 81.4 Å². The molecule has 6 heteroatoms. The van der Waals surface area contributed by atoms with E-state index in [9.17, 15) is 9.59 Å². The molecule has 0 aromatic carbocycles. The van der Waals surface area contributed by atoms with Crippen LogP contribution in [0.1, 0.15) is 6.42 Å². The Hall–Kier alpha value is -0.370. The number of carbonyl (C=O) groups is 2. The molecule has 0 fully saturated rings. The van der Waals surface area contributed by atoms with Crippen LogP contribution in [0.25, 0.3) is 0 Å². The van der Waals surface area contributed by atoms with Gasteiger partial charge in [0.2, 0.25) is 11.8 Å². The van der Waals surface area contributed by atoms with Crippen LogP contribution in [0.5, 0.6) is 0 Å². The second-order valence-electron chi connectivity index (χ2n) is 2.31. The molecule has 0 radical (unpaired) electrons. The first-order valence-electron chi connectivity index (χ1n) is 3.85. The lowest BCUT2D eigenvalue weighted by atomic mass is 10.4. The minimum Gasteiger partial charge on any atom is -0.379 e. The molecule has 3 N–H and O–H groups in total. The van der Waals surface area contributed by atoms with Gasteiger partial charge >= 0.3 is 0 Å². The molecule has 2 amide bonds. The molecule has 0 spiro atoms. The van der Waals surface area contributed by atoms with Crippen LogP contribution in [0.2, 0.25) is 0 Å². The SMILES string of the molecule is NC(=O)CCOCCNC(=O)CI. The average molecular weight is 300 g/mol. The van der Waals surface area contributed by atoms with Crippen LogP contribution >= 0.6 is 22.6 Å². The van der Waals surface area contributed by atoms with Crippen LogP contribution in [0, 0.1) is 0 Å². The van der Waals surface area contributed by atoms with Crippen LogP contribution in [0.4, 0.5) is 0 Å². The van der Waals surface area contributed by atoms with Crippen molar-refractivity contribution in [3.05, 3.63) is 0 Å². The Morgan fingerprint density at radius 2 is 2.08 bits per heavy atom. The standard InChI is InChI=1S/C7H13IN2O3/c8-5-7(12)10-2-4-13-3-1-6(9)11/h1-5H2,(H2,9,11)(H,10,12). The largest absolute Gasteiger partial charge is 0.379 e. The maximum absolute atomic E-state index is 10.7. The van der Waals surface area contributed by atoms with Gasteiger partial charge < -0.3 is 15.8 Å². The van der Waals surface area contributed by atoms with E-state index in [2.05, 4.69) is 5.32 Å². The van der Waals surface area contributed by atoms with Crippen LogP contribution in [0.15, 0.2) is 0 Å². The number of amides is 2. The minimum absolute atomic E-state index is 0.0147. The number of halogens is 1. The lowest BCUT2D eigenvalue weighted by molar-refractivity contribution is -0.120. The maximum atomic E-state index is 10.7. The fourth-order valence-corrected chi connectivity index (χ4v) is 0.854. The van der Waals surface area contributed by atoms with Gasteiger partial charge in [-0.3, -0.25) is 9.59 Å². The monoisotopic (exact) mass is 300 g/mol. The first-order chi connectivity index (χ1) is 6.16. The predicted molar refractivity (Wildman–Crippen MR) is 56.5 cm³/mol. The number of nitrogens with one attached hydrogen (secondary N) is 1. The molecular weight excluding hydrogens is 287 g/mol. The summed E-state index contributed by atoms with van der Waals surface area (Å²) in [6.07, 6.45) is 0.222. The van der Waals surface area contributed by atoms with Gasteiger partial charge in [-0.1, -0.05) is 22.6 Å². The fraction of sp³-hybridized carbons (Fsp3) is 0.714. The van der Waals surface area contributed by atoms with Crippen molar-refractivity contribution in [1.82, 2.24) is 5.32 Å². The molecule has 13 heavy (non-hydrogen) atoms. The number of alkyl halides is 1. The molecule has 0 saturated carbocycles. The van der Waals surface area contributed by atoms with E-state index in [4.69, 9.17) is 10.5 Å². The lowest BCUT2D eigenvalue weighted by Gasteiger charge is -2.03. The summed E-state index contributed by atoms with van der Waals surface area (Å²) in [6, 6.07) is 0. The van der Waals surface area contributed by atoms with Gasteiger partial charge in [-0.05, 0) is 0 Å². The number of carbonyl (C=O) groups excluding carboxylic acids is 2. The number of rotatable bonds is 7. The van der Waals surface area contributed by atoms with Crippen molar-refractivity contribution < 1.29 is 14.3 Å². The van der Waals surface area contributed by atoms with Gasteiger partial charge in [0, 0.05) is 13.0 Å². The molecule has 0 aromatic heterocycles. The summed E-state index contributed by atoms with van der Waals surface area (Å²) in [5.41, 5.74) is 4.89. The van der Waals surface area contributed by atoms with Gasteiger partial charge in [0.15, 0.2) is 0 Å². The number of hydrogen-bond acceptors (Lipinski definition) is 3. The summed E-state index contributed by atoms with van der Waals surface area (Å²) in [7, 11) is 0. The van der Waals surface area contributed by atoms with Gasteiger partial charge in [0.1, 0.15) is 0 Å². The Bertz CT molecular complexity index is 175. The zero-order chi connectivity index (χ0) is 10.1. The normalized spacial score (nSPS) is 9.62. The third-order valence-electron chi connectivity index (χ3n) is 1.18. The van der Waals surface area contributed by atoms with Crippen molar-refractivity contribution in [3.8, 4) is 0 Å². The molecule has 0 bridgehead atoms. The van der Waals surface area contributed by atoms with Gasteiger partial charge in [0.25, 0.3) is 0 Å². The Labute approximate surface area is 90.5 Å². The molecule has 5 nitrogen and oxygen atoms in total. The van der Waals surface area contributed by atoms with Crippen LogP contribution in [0.3, 0.4) is 0 Å². The number of nitrogens with two attached hydrogens (primary N) is 1. The first kappa shape index (κ1) is 12.6. The van der Waals surface area contributed by atoms with Gasteiger partial charge in [0.05, 0.1) is 17.6 Å². The Morgan fingerprint density at radius 1 is 1.38 bits per heavy atom. The zero-order valence-corrected chi connectivity index (χ0v) is 9.37. The van der Waals surface area contributed by atoms with E-state index in [1.807, 2.05) is 22.6 Å². The molecule has 0 rings (SSSR count). The Balaban J connectivity index is 3.08. The predicted octanol–water partition coefficient (Wildman–Crippen LogP) is -0.570. The van der Waals surface area contributed by atoms with E-state index in [-0.39, 0.29) is 18.2 Å². The first-order valence-corrected chi connectivity index (χ1v) is 5.38. The second kappa shape index (κ2) is 8.24. The fourth-order valence-electron chi connectivity index (χ4n) is 0.585. The molecule has 0 saturated heterocycles. The lowest BCUT2D eigenvalue weighted by Crippen LogP contribution is -2.28. The summed E-state index contributed by atoms with van der Waals surface area (Å²) >= 11 is 1.98. The number of hydrogen-bond donors (Lipinski definition) is 2. The summed E-state index contributed by atoms with van der Waals surface area (Å²) in [6.45, 7) is 1.20. The minimum atomic E-state index is -0.378. The van der Waals surface area contributed by atoms with E-state index >= 15 is 0 Å².